The Morgan fingerprint density at radius 1 is 0.763 bits per heavy atom. The lowest BCUT2D eigenvalue weighted by molar-refractivity contribution is -0.130. The van der Waals surface area contributed by atoms with Crippen molar-refractivity contribution in [3.8, 4) is 16.9 Å². The summed E-state index contributed by atoms with van der Waals surface area (Å²) in [6.07, 6.45) is 1.99. The fraction of sp³-hybridized carbons (Fsp3) is 0.0938. The highest BCUT2D eigenvalue weighted by Crippen LogP contribution is 2.25. The van der Waals surface area contributed by atoms with Crippen LogP contribution in [0.4, 0.5) is 0 Å². The molecule has 0 saturated carbocycles. The fourth-order valence-corrected chi connectivity index (χ4v) is 4.92. The van der Waals surface area contributed by atoms with E-state index in [1.807, 2.05) is 132 Å². The van der Waals surface area contributed by atoms with E-state index in [0.29, 0.717) is 17.3 Å². The second kappa shape index (κ2) is 9.82. The number of nitrogens with zero attached hydrogens (tertiary/aromatic N) is 4. The molecule has 0 aliphatic carbocycles. The number of aromatic nitrogens is 3. The zero-order valence-electron chi connectivity index (χ0n) is 21.0. The molecule has 6 aromatic rings. The van der Waals surface area contributed by atoms with Crippen molar-refractivity contribution in [2.75, 3.05) is 7.05 Å². The van der Waals surface area contributed by atoms with Crippen molar-refractivity contribution in [1.82, 2.24) is 19.2 Å². The lowest BCUT2D eigenvalue weighted by Gasteiger charge is -2.20. The third kappa shape index (κ3) is 4.26. The molecular formula is C32H26N4O2. The van der Waals surface area contributed by atoms with Crippen LogP contribution >= 0.6 is 0 Å². The summed E-state index contributed by atoms with van der Waals surface area (Å²) in [5.41, 5.74) is 5.22. The lowest BCUT2D eigenvalue weighted by Crippen LogP contribution is -2.30. The standard InChI is InChI=1S/C32H26N4O2/c1-34(20-24-21-36(25-14-6-3-7-15-25)33-31(24)23-12-4-2-5-13-23)30(37)22-35-28-18-10-8-16-26(28)32(38)27-17-9-11-19-29(27)35/h2-19,21H,20,22H2,1H3. The molecule has 0 aliphatic rings. The number of pyridine rings is 1. The summed E-state index contributed by atoms with van der Waals surface area (Å²) in [5, 5.41) is 6.09. The first-order valence-electron chi connectivity index (χ1n) is 12.5. The van der Waals surface area contributed by atoms with Crippen LogP contribution in [0.5, 0.6) is 0 Å². The monoisotopic (exact) mass is 498 g/mol. The quantitative estimate of drug-likeness (QED) is 0.278. The maximum Gasteiger partial charge on any atom is 0.242 e. The van der Waals surface area contributed by atoms with Crippen LogP contribution in [0.25, 0.3) is 38.8 Å². The highest BCUT2D eigenvalue weighted by Gasteiger charge is 2.19. The van der Waals surface area contributed by atoms with Crippen molar-refractivity contribution in [3.63, 3.8) is 0 Å². The number of carbonyl (C=O) groups is 1. The third-order valence-corrected chi connectivity index (χ3v) is 6.86. The molecule has 6 heteroatoms. The first-order valence-corrected chi connectivity index (χ1v) is 12.5. The number of benzene rings is 4. The van der Waals surface area contributed by atoms with Crippen LogP contribution in [-0.4, -0.2) is 32.2 Å². The first-order chi connectivity index (χ1) is 18.6. The number of hydrogen-bond acceptors (Lipinski definition) is 3. The van der Waals surface area contributed by atoms with E-state index < -0.39 is 0 Å². The van der Waals surface area contributed by atoms with Gasteiger partial charge in [-0.05, 0) is 36.4 Å². The minimum Gasteiger partial charge on any atom is -0.340 e. The molecule has 1 amide bonds. The van der Waals surface area contributed by atoms with Gasteiger partial charge >= 0.3 is 0 Å². The Morgan fingerprint density at radius 2 is 1.32 bits per heavy atom. The SMILES string of the molecule is CN(Cc1cn(-c2ccccc2)nc1-c1ccccc1)C(=O)Cn1c2ccccc2c(=O)c2ccccc21. The van der Waals surface area contributed by atoms with Crippen molar-refractivity contribution in [1.29, 1.82) is 0 Å². The smallest absolute Gasteiger partial charge is 0.242 e. The number of likely N-dealkylation sites (N-methyl/N-ethyl adjacent to an activating group) is 1. The summed E-state index contributed by atoms with van der Waals surface area (Å²) >= 11 is 0. The van der Waals surface area contributed by atoms with Crippen LogP contribution in [-0.2, 0) is 17.9 Å². The van der Waals surface area contributed by atoms with Gasteiger partial charge in [-0.15, -0.1) is 0 Å². The number of fused-ring (bicyclic) bond motifs is 2. The topological polar surface area (TPSA) is 60.1 Å². The van der Waals surface area contributed by atoms with Gasteiger partial charge in [0.2, 0.25) is 5.91 Å². The Kier molecular flexibility index (Phi) is 6.06. The van der Waals surface area contributed by atoms with Crippen LogP contribution in [0.1, 0.15) is 5.56 Å². The van der Waals surface area contributed by atoms with Crippen LogP contribution in [0.15, 0.2) is 120 Å². The summed E-state index contributed by atoms with van der Waals surface area (Å²) in [6.45, 7) is 0.511. The van der Waals surface area contributed by atoms with Gasteiger partial charge in [0.15, 0.2) is 5.43 Å². The van der Waals surface area contributed by atoms with Gasteiger partial charge < -0.3 is 9.47 Å². The van der Waals surface area contributed by atoms with Crippen LogP contribution < -0.4 is 5.43 Å². The van der Waals surface area contributed by atoms with Crippen molar-refractivity contribution in [2.45, 2.75) is 13.1 Å². The van der Waals surface area contributed by atoms with Gasteiger partial charge in [-0.25, -0.2) is 4.68 Å². The molecule has 0 N–H and O–H groups in total. The van der Waals surface area contributed by atoms with Crippen LogP contribution in [0.3, 0.4) is 0 Å². The average Bonchev–Trinajstić information content (AvgIpc) is 3.40. The number of hydrogen-bond donors (Lipinski definition) is 0. The molecule has 0 radical (unpaired) electrons. The molecule has 0 bridgehead atoms. The summed E-state index contributed by atoms with van der Waals surface area (Å²) in [6, 6.07) is 34.9. The molecule has 0 spiro atoms. The van der Waals surface area contributed by atoms with Crippen LogP contribution in [0.2, 0.25) is 0 Å². The number of amides is 1. The van der Waals surface area contributed by atoms with E-state index in [-0.39, 0.29) is 17.9 Å². The number of para-hydroxylation sites is 3. The summed E-state index contributed by atoms with van der Waals surface area (Å²) in [5.74, 6) is -0.0598. The van der Waals surface area contributed by atoms with E-state index in [1.54, 1.807) is 4.90 Å². The first kappa shape index (κ1) is 23.4. The van der Waals surface area contributed by atoms with E-state index in [9.17, 15) is 9.59 Å². The van der Waals surface area contributed by atoms with E-state index in [2.05, 4.69) is 0 Å². The molecule has 2 aromatic heterocycles. The van der Waals surface area contributed by atoms with Gasteiger partial charge in [-0.1, -0.05) is 72.8 Å². The van der Waals surface area contributed by atoms with E-state index >= 15 is 0 Å². The van der Waals surface area contributed by atoms with Gasteiger partial charge in [0.05, 0.1) is 22.4 Å². The molecule has 6 nitrogen and oxygen atoms in total. The van der Waals surface area contributed by atoms with Gasteiger partial charge in [0, 0.05) is 41.7 Å². The van der Waals surface area contributed by atoms with E-state index in [0.717, 1.165) is 33.5 Å². The molecule has 38 heavy (non-hydrogen) atoms. The number of rotatable bonds is 6. The van der Waals surface area contributed by atoms with Gasteiger partial charge in [0.1, 0.15) is 6.54 Å². The molecular weight excluding hydrogens is 472 g/mol. The third-order valence-electron chi connectivity index (χ3n) is 6.86. The zero-order chi connectivity index (χ0) is 26.1. The number of carbonyl (C=O) groups excluding carboxylic acids is 1. The highest BCUT2D eigenvalue weighted by atomic mass is 16.2. The molecule has 4 aromatic carbocycles. The molecule has 0 unspecified atom stereocenters. The second-order valence-electron chi connectivity index (χ2n) is 9.35. The summed E-state index contributed by atoms with van der Waals surface area (Å²) < 4.78 is 3.80. The molecule has 0 saturated heterocycles. The Morgan fingerprint density at radius 3 is 1.95 bits per heavy atom. The maximum absolute atomic E-state index is 13.6. The van der Waals surface area contributed by atoms with Gasteiger partial charge in [-0.2, -0.15) is 5.10 Å². The van der Waals surface area contributed by atoms with E-state index in [1.165, 1.54) is 0 Å². The molecule has 0 fully saturated rings. The fourth-order valence-electron chi connectivity index (χ4n) is 4.92. The predicted molar refractivity (Wildman–Crippen MR) is 151 cm³/mol. The van der Waals surface area contributed by atoms with Crippen molar-refractivity contribution < 1.29 is 4.79 Å². The Labute approximate surface area is 220 Å². The highest BCUT2D eigenvalue weighted by molar-refractivity contribution is 5.94. The summed E-state index contributed by atoms with van der Waals surface area (Å²) in [4.78, 5) is 28.4. The van der Waals surface area contributed by atoms with Crippen LogP contribution in [0, 0.1) is 0 Å². The predicted octanol–water partition coefficient (Wildman–Crippen LogP) is 5.67. The minimum absolute atomic E-state index is 0.0194. The van der Waals surface area contributed by atoms with E-state index in [4.69, 9.17) is 5.10 Å². The normalized spacial score (nSPS) is 11.2. The van der Waals surface area contributed by atoms with Crippen molar-refractivity contribution in [3.05, 3.63) is 131 Å². The van der Waals surface area contributed by atoms with Crippen molar-refractivity contribution in [2.24, 2.45) is 0 Å². The molecule has 0 aliphatic heterocycles. The molecule has 0 atom stereocenters. The second-order valence-corrected chi connectivity index (χ2v) is 9.35. The summed E-state index contributed by atoms with van der Waals surface area (Å²) in [7, 11) is 1.81. The lowest BCUT2D eigenvalue weighted by atomic mass is 10.1. The van der Waals surface area contributed by atoms with Gasteiger partial charge in [0.25, 0.3) is 0 Å². The minimum atomic E-state index is -0.0598. The Balaban J connectivity index is 1.36. The molecule has 2 heterocycles. The Hall–Kier alpha value is -4.97. The molecule has 6 rings (SSSR count). The largest absolute Gasteiger partial charge is 0.340 e. The average molecular weight is 499 g/mol. The Bertz CT molecular complexity index is 1760. The molecule has 186 valence electrons. The zero-order valence-corrected chi connectivity index (χ0v) is 21.0. The van der Waals surface area contributed by atoms with Gasteiger partial charge in [-0.3, -0.25) is 9.59 Å². The van der Waals surface area contributed by atoms with Crippen molar-refractivity contribution >= 4 is 27.7 Å². The maximum atomic E-state index is 13.6.